The molecule has 32 heavy (non-hydrogen) atoms. The maximum Gasteiger partial charge on any atom is 0.251 e. The Balaban J connectivity index is 1.51. The number of hydrogen-bond donors (Lipinski definition) is 2. The van der Waals surface area contributed by atoms with Gasteiger partial charge in [-0.05, 0) is 68.4 Å². The van der Waals surface area contributed by atoms with Gasteiger partial charge >= 0.3 is 0 Å². The summed E-state index contributed by atoms with van der Waals surface area (Å²) < 4.78 is 32.6. The van der Waals surface area contributed by atoms with Crippen LogP contribution in [0.4, 0.5) is 5.00 Å². The Morgan fingerprint density at radius 2 is 1.88 bits per heavy atom. The van der Waals surface area contributed by atoms with Crippen molar-refractivity contribution in [1.82, 2.24) is 4.31 Å². The second-order valence-electron chi connectivity index (χ2n) is 8.15. The molecule has 1 aromatic carbocycles. The number of carbonyl (C=O) groups excluding carboxylic acids is 2. The van der Waals surface area contributed by atoms with Crippen LogP contribution < -0.4 is 15.8 Å². The molecule has 2 amide bonds. The van der Waals surface area contributed by atoms with Gasteiger partial charge in [0.15, 0.2) is 0 Å². The van der Waals surface area contributed by atoms with Gasteiger partial charge in [-0.3, -0.25) is 9.59 Å². The number of ether oxygens (including phenoxy) is 1. The van der Waals surface area contributed by atoms with Crippen LogP contribution in [-0.4, -0.2) is 44.7 Å². The third-order valence-electron chi connectivity index (χ3n) is 6.11. The average Bonchev–Trinajstić information content (AvgIpc) is 3.17. The second-order valence-corrected chi connectivity index (χ2v) is 11.2. The molecule has 172 valence electrons. The van der Waals surface area contributed by atoms with Gasteiger partial charge in [0.05, 0.1) is 23.5 Å². The number of methoxy groups -OCH3 is 1. The zero-order valence-corrected chi connectivity index (χ0v) is 19.6. The number of piperidine rings is 1. The molecule has 1 saturated heterocycles. The minimum atomic E-state index is -3.72. The molecule has 1 fully saturated rings. The van der Waals surface area contributed by atoms with Gasteiger partial charge < -0.3 is 15.8 Å². The molecule has 1 unspecified atom stereocenters. The van der Waals surface area contributed by atoms with Gasteiger partial charge in [0.1, 0.15) is 10.8 Å². The predicted molar refractivity (Wildman–Crippen MR) is 123 cm³/mol. The smallest absolute Gasteiger partial charge is 0.251 e. The highest BCUT2D eigenvalue weighted by atomic mass is 32.2. The van der Waals surface area contributed by atoms with E-state index in [-0.39, 0.29) is 17.3 Å². The van der Waals surface area contributed by atoms with E-state index < -0.39 is 21.8 Å². The summed E-state index contributed by atoms with van der Waals surface area (Å²) in [5, 5.41) is 3.38. The van der Waals surface area contributed by atoms with Crippen LogP contribution in [0.5, 0.6) is 5.75 Å². The molecular formula is C22H27N3O5S2. The number of thiophene rings is 1. The molecule has 0 spiro atoms. The SMILES string of the molecule is COc1ccc(S(=O)(=O)N2CCCC(C(=O)Nc3sc4c(c3C(N)=O)CCCC4)C2)cc1. The molecule has 1 atom stereocenters. The molecule has 4 rings (SSSR count). The second kappa shape index (κ2) is 9.21. The minimum absolute atomic E-state index is 0.0944. The summed E-state index contributed by atoms with van der Waals surface area (Å²) in [4.78, 5) is 26.4. The molecule has 10 heteroatoms. The molecule has 0 bridgehead atoms. The van der Waals surface area contributed by atoms with Crippen molar-refractivity contribution in [2.45, 2.75) is 43.4 Å². The number of fused-ring (bicyclic) bond motifs is 1. The lowest BCUT2D eigenvalue weighted by Gasteiger charge is -2.31. The number of sulfonamides is 1. The fourth-order valence-electron chi connectivity index (χ4n) is 4.40. The summed E-state index contributed by atoms with van der Waals surface area (Å²) in [7, 11) is -2.21. The quantitative estimate of drug-likeness (QED) is 0.663. The van der Waals surface area contributed by atoms with Gasteiger partial charge in [0, 0.05) is 18.0 Å². The van der Waals surface area contributed by atoms with Crippen LogP contribution in [0.2, 0.25) is 0 Å². The average molecular weight is 478 g/mol. The first-order valence-corrected chi connectivity index (χ1v) is 13.0. The van der Waals surface area contributed by atoms with E-state index in [1.54, 1.807) is 12.1 Å². The molecule has 2 heterocycles. The van der Waals surface area contributed by atoms with Crippen LogP contribution in [-0.2, 0) is 27.7 Å². The summed E-state index contributed by atoms with van der Waals surface area (Å²) in [5.74, 6) is -0.742. The third-order valence-corrected chi connectivity index (χ3v) is 9.19. The maximum absolute atomic E-state index is 13.1. The standard InChI is InChI=1S/C22H27N3O5S2/c1-30-15-8-10-16(11-9-15)32(28,29)25-12-4-5-14(13-25)21(27)24-22-19(20(23)26)17-6-2-3-7-18(17)31-22/h8-11,14H,2-7,12-13H2,1H3,(H2,23,26)(H,24,27). The monoisotopic (exact) mass is 477 g/mol. The summed E-state index contributed by atoms with van der Waals surface area (Å²) in [6, 6.07) is 6.22. The highest BCUT2D eigenvalue weighted by Crippen LogP contribution is 2.38. The first-order chi connectivity index (χ1) is 15.3. The highest BCUT2D eigenvalue weighted by molar-refractivity contribution is 7.89. The Hall–Kier alpha value is -2.43. The van der Waals surface area contributed by atoms with E-state index in [0.29, 0.717) is 35.7 Å². The maximum atomic E-state index is 13.1. The number of nitrogens with zero attached hydrogens (tertiary/aromatic N) is 1. The molecular weight excluding hydrogens is 450 g/mol. The topological polar surface area (TPSA) is 119 Å². The third kappa shape index (κ3) is 4.39. The van der Waals surface area contributed by atoms with Crippen molar-refractivity contribution < 1.29 is 22.7 Å². The van der Waals surface area contributed by atoms with Gasteiger partial charge in [-0.2, -0.15) is 4.31 Å². The first kappa shape index (κ1) is 22.8. The van der Waals surface area contributed by atoms with Gasteiger partial charge in [-0.1, -0.05) is 0 Å². The van der Waals surface area contributed by atoms with Crippen LogP contribution in [0, 0.1) is 5.92 Å². The molecule has 1 aromatic heterocycles. The number of hydrogen-bond acceptors (Lipinski definition) is 6. The number of rotatable bonds is 6. The number of amides is 2. The van der Waals surface area contributed by atoms with Gasteiger partial charge in [0.2, 0.25) is 15.9 Å². The van der Waals surface area contributed by atoms with E-state index in [4.69, 9.17) is 10.5 Å². The Kier molecular flexibility index (Phi) is 6.55. The van der Waals surface area contributed by atoms with E-state index in [0.717, 1.165) is 36.1 Å². The number of primary amides is 1. The highest BCUT2D eigenvalue weighted by Gasteiger charge is 2.34. The molecule has 1 aliphatic heterocycles. The number of benzene rings is 1. The number of anilines is 1. The molecule has 2 aliphatic rings. The van der Waals surface area contributed by atoms with Crippen molar-refractivity contribution in [3.05, 3.63) is 40.3 Å². The van der Waals surface area contributed by atoms with Crippen LogP contribution >= 0.6 is 11.3 Å². The number of carbonyl (C=O) groups is 2. The summed E-state index contributed by atoms with van der Waals surface area (Å²) in [6.07, 6.45) is 4.89. The van der Waals surface area contributed by atoms with Crippen LogP contribution in [0.1, 0.15) is 46.5 Å². The van der Waals surface area contributed by atoms with Gasteiger partial charge in [0.25, 0.3) is 5.91 Å². The molecule has 2 aromatic rings. The Bertz CT molecular complexity index is 1130. The lowest BCUT2D eigenvalue weighted by Crippen LogP contribution is -2.43. The minimum Gasteiger partial charge on any atom is -0.497 e. The Morgan fingerprint density at radius 1 is 1.16 bits per heavy atom. The van der Waals surface area contributed by atoms with Crippen molar-refractivity contribution in [3.8, 4) is 5.75 Å². The van der Waals surface area contributed by atoms with Crippen molar-refractivity contribution in [3.63, 3.8) is 0 Å². The van der Waals surface area contributed by atoms with E-state index in [2.05, 4.69) is 5.32 Å². The number of nitrogens with two attached hydrogens (primary N) is 1. The fourth-order valence-corrected chi connectivity index (χ4v) is 7.22. The summed E-state index contributed by atoms with van der Waals surface area (Å²) >= 11 is 1.41. The normalized spacial score (nSPS) is 19.2. The zero-order chi connectivity index (χ0) is 22.9. The predicted octanol–water partition coefficient (Wildman–Crippen LogP) is 2.77. The van der Waals surface area contributed by atoms with Crippen molar-refractivity contribution in [1.29, 1.82) is 0 Å². The van der Waals surface area contributed by atoms with Crippen LogP contribution in [0.15, 0.2) is 29.2 Å². The molecule has 8 nitrogen and oxygen atoms in total. The van der Waals surface area contributed by atoms with E-state index >= 15 is 0 Å². The molecule has 3 N–H and O–H groups in total. The van der Waals surface area contributed by atoms with Crippen molar-refractivity contribution in [2.75, 3.05) is 25.5 Å². The van der Waals surface area contributed by atoms with Crippen molar-refractivity contribution in [2.24, 2.45) is 11.7 Å². The van der Waals surface area contributed by atoms with E-state index in [9.17, 15) is 18.0 Å². The Labute approximate surface area is 191 Å². The van der Waals surface area contributed by atoms with Gasteiger partial charge in [-0.25, -0.2) is 8.42 Å². The molecule has 1 aliphatic carbocycles. The fraction of sp³-hybridized carbons (Fsp3) is 0.455. The van der Waals surface area contributed by atoms with Crippen LogP contribution in [0.25, 0.3) is 0 Å². The Morgan fingerprint density at radius 3 is 2.56 bits per heavy atom. The van der Waals surface area contributed by atoms with E-state index in [1.807, 2.05) is 0 Å². The van der Waals surface area contributed by atoms with Crippen molar-refractivity contribution >= 4 is 38.2 Å². The van der Waals surface area contributed by atoms with E-state index in [1.165, 1.54) is 34.9 Å². The lowest BCUT2D eigenvalue weighted by atomic mass is 9.95. The summed E-state index contributed by atoms with van der Waals surface area (Å²) in [5.41, 5.74) is 6.99. The largest absolute Gasteiger partial charge is 0.497 e. The summed E-state index contributed by atoms with van der Waals surface area (Å²) in [6.45, 7) is 0.454. The molecule has 0 saturated carbocycles. The van der Waals surface area contributed by atoms with Gasteiger partial charge in [-0.15, -0.1) is 11.3 Å². The number of nitrogens with one attached hydrogen (secondary N) is 1. The zero-order valence-electron chi connectivity index (χ0n) is 17.9. The number of aryl methyl sites for hydroxylation is 1. The van der Waals surface area contributed by atoms with Crippen LogP contribution in [0.3, 0.4) is 0 Å². The lowest BCUT2D eigenvalue weighted by molar-refractivity contribution is -0.120. The molecule has 0 radical (unpaired) electrons. The first-order valence-electron chi connectivity index (χ1n) is 10.7.